The fraction of sp³-hybridized carbons (Fsp3) is 0.0833. The lowest BCUT2D eigenvalue weighted by Gasteiger charge is -2.06. The van der Waals surface area contributed by atoms with Gasteiger partial charge in [-0.05, 0) is 18.2 Å². The summed E-state index contributed by atoms with van der Waals surface area (Å²) in [6, 6.07) is 4.56. The number of imidazole rings is 1. The molecule has 0 aliphatic rings. The van der Waals surface area contributed by atoms with E-state index in [4.69, 9.17) is 4.74 Å². The summed E-state index contributed by atoms with van der Waals surface area (Å²) in [4.78, 5) is 5.18. The number of nitrogens with zero attached hydrogens (tertiary/aromatic N) is 2. The number of thiazole rings is 1. The van der Waals surface area contributed by atoms with Gasteiger partial charge in [0.2, 0.25) is 5.88 Å². The molecule has 0 saturated heterocycles. The van der Waals surface area contributed by atoms with Crippen molar-refractivity contribution >= 4 is 48.2 Å². The van der Waals surface area contributed by atoms with Crippen molar-refractivity contribution in [3.8, 4) is 11.6 Å². The van der Waals surface area contributed by atoms with Gasteiger partial charge in [-0.15, -0.1) is 11.3 Å². The molecule has 0 aliphatic carbocycles. The van der Waals surface area contributed by atoms with Gasteiger partial charge in [-0.25, -0.2) is 4.39 Å². The lowest BCUT2D eigenvalue weighted by atomic mass is 10.3. The zero-order valence-corrected chi connectivity index (χ0v) is 13.4. The Bertz CT molecular complexity index is 740. The van der Waals surface area contributed by atoms with Crippen molar-refractivity contribution in [2.75, 3.05) is 0 Å². The molecule has 7 heteroatoms. The minimum atomic E-state index is -0.417. The van der Waals surface area contributed by atoms with Crippen molar-refractivity contribution in [1.29, 1.82) is 0 Å². The summed E-state index contributed by atoms with van der Waals surface area (Å²) in [5.74, 6) is 0.156. The smallest absolute Gasteiger partial charge is 0.243 e. The third-order valence-corrected chi connectivity index (χ3v) is 4.33. The second kappa shape index (κ2) is 5.22. The predicted molar refractivity (Wildman–Crippen MR) is 79.9 cm³/mol. The summed E-state index contributed by atoms with van der Waals surface area (Å²) >= 11 is 8.20. The number of hydrogen-bond donors (Lipinski definition) is 0. The SMILES string of the molecule is Fc1ccc(Br)cc1Oc1nc2sccn2c1CBr. The highest BCUT2D eigenvalue weighted by atomic mass is 79.9. The first-order valence-corrected chi connectivity index (χ1v) is 8.11. The lowest BCUT2D eigenvalue weighted by molar-refractivity contribution is 0.426. The van der Waals surface area contributed by atoms with Gasteiger partial charge < -0.3 is 4.74 Å². The van der Waals surface area contributed by atoms with E-state index in [1.807, 2.05) is 16.0 Å². The quantitative estimate of drug-likeness (QED) is 0.574. The van der Waals surface area contributed by atoms with Gasteiger partial charge in [-0.3, -0.25) is 4.40 Å². The molecule has 3 nitrogen and oxygen atoms in total. The van der Waals surface area contributed by atoms with Crippen molar-refractivity contribution < 1.29 is 9.13 Å². The van der Waals surface area contributed by atoms with Gasteiger partial charge in [-0.2, -0.15) is 4.98 Å². The van der Waals surface area contributed by atoms with Gasteiger partial charge in [-0.1, -0.05) is 31.9 Å². The van der Waals surface area contributed by atoms with Gasteiger partial charge in [0.25, 0.3) is 0 Å². The number of alkyl halides is 1. The van der Waals surface area contributed by atoms with E-state index < -0.39 is 5.82 Å². The molecule has 0 fully saturated rings. The minimum absolute atomic E-state index is 0.155. The van der Waals surface area contributed by atoms with E-state index in [2.05, 4.69) is 36.8 Å². The Hall–Kier alpha value is -0.920. The van der Waals surface area contributed by atoms with E-state index >= 15 is 0 Å². The number of fused-ring (bicyclic) bond motifs is 1. The molecule has 3 rings (SSSR count). The molecule has 0 amide bonds. The van der Waals surface area contributed by atoms with E-state index in [1.54, 1.807) is 12.1 Å². The standard InChI is InChI=1S/C12H7Br2FN2OS/c13-6-9-11(16-12-17(9)3-4-19-12)18-10-5-7(14)1-2-8(10)15/h1-5H,6H2. The number of halogens is 3. The van der Waals surface area contributed by atoms with Crippen LogP contribution < -0.4 is 4.74 Å². The predicted octanol–water partition coefficient (Wildman–Crippen LogP) is 4.98. The maximum absolute atomic E-state index is 13.7. The first kappa shape index (κ1) is 13.1. The van der Waals surface area contributed by atoms with Gasteiger partial charge in [0.15, 0.2) is 16.5 Å². The summed E-state index contributed by atoms with van der Waals surface area (Å²) in [5, 5.41) is 2.52. The largest absolute Gasteiger partial charge is 0.434 e. The monoisotopic (exact) mass is 404 g/mol. The Balaban J connectivity index is 2.05. The van der Waals surface area contributed by atoms with Gasteiger partial charge in [0.1, 0.15) is 0 Å². The molecule has 0 atom stereocenters. The molecule has 0 N–H and O–H groups in total. The van der Waals surface area contributed by atoms with Crippen LogP contribution in [0.25, 0.3) is 4.96 Å². The lowest BCUT2D eigenvalue weighted by Crippen LogP contribution is -1.93. The summed E-state index contributed by atoms with van der Waals surface area (Å²) in [6.07, 6.45) is 1.91. The molecular weight excluding hydrogens is 399 g/mol. The van der Waals surface area contributed by atoms with Crippen LogP contribution in [0.2, 0.25) is 0 Å². The molecule has 98 valence electrons. The van der Waals surface area contributed by atoms with E-state index in [-0.39, 0.29) is 5.75 Å². The normalized spacial score (nSPS) is 11.1. The zero-order chi connectivity index (χ0) is 13.4. The van der Waals surface area contributed by atoms with Crippen LogP contribution in [-0.4, -0.2) is 9.38 Å². The van der Waals surface area contributed by atoms with Crippen LogP contribution in [0.5, 0.6) is 11.6 Å². The van der Waals surface area contributed by atoms with Crippen LogP contribution in [0.15, 0.2) is 34.2 Å². The molecule has 0 radical (unpaired) electrons. The van der Waals surface area contributed by atoms with Crippen molar-refractivity contribution in [3.63, 3.8) is 0 Å². The average molecular weight is 406 g/mol. The topological polar surface area (TPSA) is 26.5 Å². The second-order valence-electron chi connectivity index (χ2n) is 3.73. The van der Waals surface area contributed by atoms with Crippen molar-refractivity contribution in [2.24, 2.45) is 0 Å². The Labute approximate surface area is 129 Å². The van der Waals surface area contributed by atoms with E-state index in [0.29, 0.717) is 11.2 Å². The summed E-state index contributed by atoms with van der Waals surface area (Å²) in [6.45, 7) is 0. The Kier molecular flexibility index (Phi) is 3.60. The fourth-order valence-electron chi connectivity index (χ4n) is 1.68. The fourth-order valence-corrected chi connectivity index (χ4v) is 3.25. The minimum Gasteiger partial charge on any atom is -0.434 e. The molecule has 0 bridgehead atoms. The number of benzene rings is 1. The van der Waals surface area contributed by atoms with Crippen LogP contribution in [-0.2, 0) is 5.33 Å². The first-order valence-electron chi connectivity index (χ1n) is 5.32. The number of ether oxygens (including phenoxy) is 1. The maximum atomic E-state index is 13.7. The second-order valence-corrected chi connectivity index (χ2v) is 6.08. The molecule has 0 spiro atoms. The highest BCUT2D eigenvalue weighted by Crippen LogP contribution is 2.31. The molecule has 0 saturated carbocycles. The summed E-state index contributed by atoms with van der Waals surface area (Å²) in [5.41, 5.74) is 0.857. The van der Waals surface area contributed by atoms with Crippen LogP contribution in [0.3, 0.4) is 0 Å². The van der Waals surface area contributed by atoms with Crippen molar-refractivity contribution in [1.82, 2.24) is 9.38 Å². The average Bonchev–Trinajstić information content (AvgIpc) is 2.94. The summed E-state index contributed by atoms with van der Waals surface area (Å²) in [7, 11) is 0. The maximum Gasteiger partial charge on any atom is 0.243 e. The van der Waals surface area contributed by atoms with E-state index in [9.17, 15) is 4.39 Å². The highest BCUT2D eigenvalue weighted by molar-refractivity contribution is 9.10. The number of rotatable bonds is 3. The number of hydrogen-bond acceptors (Lipinski definition) is 3. The number of aromatic nitrogens is 2. The molecule has 1 aromatic carbocycles. The molecule has 19 heavy (non-hydrogen) atoms. The Morgan fingerprint density at radius 1 is 1.42 bits per heavy atom. The van der Waals surface area contributed by atoms with Crippen LogP contribution >= 0.6 is 43.2 Å². The molecule has 0 unspecified atom stereocenters. The third-order valence-electron chi connectivity index (χ3n) is 2.55. The molecule has 0 aliphatic heterocycles. The van der Waals surface area contributed by atoms with Crippen LogP contribution in [0, 0.1) is 5.82 Å². The zero-order valence-electron chi connectivity index (χ0n) is 9.44. The summed E-state index contributed by atoms with van der Waals surface area (Å²) < 4.78 is 22.0. The molecular formula is C12H7Br2FN2OS. The molecule has 2 heterocycles. The van der Waals surface area contributed by atoms with Gasteiger partial charge >= 0.3 is 0 Å². The first-order chi connectivity index (χ1) is 9.19. The molecule has 3 aromatic rings. The molecule has 2 aromatic heterocycles. The van der Waals surface area contributed by atoms with Gasteiger partial charge in [0.05, 0.1) is 5.69 Å². The van der Waals surface area contributed by atoms with Gasteiger partial charge in [0, 0.05) is 21.4 Å². The van der Waals surface area contributed by atoms with E-state index in [1.165, 1.54) is 17.4 Å². The van der Waals surface area contributed by atoms with E-state index in [0.717, 1.165) is 15.1 Å². The van der Waals surface area contributed by atoms with Crippen LogP contribution in [0.1, 0.15) is 5.69 Å². The van der Waals surface area contributed by atoms with Crippen molar-refractivity contribution in [3.05, 3.63) is 45.8 Å². The Morgan fingerprint density at radius 2 is 2.26 bits per heavy atom. The van der Waals surface area contributed by atoms with Crippen LogP contribution in [0.4, 0.5) is 4.39 Å². The third kappa shape index (κ3) is 2.42. The Morgan fingerprint density at radius 3 is 3.05 bits per heavy atom. The van der Waals surface area contributed by atoms with Crippen molar-refractivity contribution in [2.45, 2.75) is 5.33 Å². The highest BCUT2D eigenvalue weighted by Gasteiger charge is 2.16.